The fraction of sp³-hybridized carbons (Fsp3) is 0.900. The topological polar surface area (TPSA) is 83.0 Å². The van der Waals surface area contributed by atoms with Crippen molar-refractivity contribution in [3.8, 4) is 0 Å². The highest BCUT2D eigenvalue weighted by atomic mass is 127. The highest BCUT2D eigenvalue weighted by Gasteiger charge is 2.28. The summed E-state index contributed by atoms with van der Waals surface area (Å²) in [6.07, 6.45) is 6.46. The molecule has 0 atom stereocenters. The van der Waals surface area contributed by atoms with Crippen molar-refractivity contribution in [2.45, 2.75) is 78.7 Å². The average Bonchev–Trinajstić information content (AvgIpc) is 2.66. The second-order valence-corrected chi connectivity index (χ2v) is 7.32. The summed E-state index contributed by atoms with van der Waals surface area (Å²) in [6.45, 7) is 10.5. The van der Waals surface area contributed by atoms with Gasteiger partial charge in [-0.05, 0) is 64.2 Å². The number of aliphatic hydroxyl groups is 1. The number of hydrogen-bond acceptors (Lipinski definition) is 4. The molecule has 0 aromatic heterocycles. The molecule has 6 nitrogen and oxygen atoms in total. The van der Waals surface area contributed by atoms with E-state index >= 15 is 0 Å². The second kappa shape index (κ2) is 14.4. The van der Waals surface area contributed by atoms with Crippen LogP contribution in [0.2, 0.25) is 0 Å². The molecule has 1 rings (SSSR count). The van der Waals surface area contributed by atoms with Crippen molar-refractivity contribution < 1.29 is 14.6 Å². The fourth-order valence-electron chi connectivity index (χ4n) is 3.64. The van der Waals surface area contributed by atoms with Crippen molar-refractivity contribution in [1.82, 2.24) is 10.6 Å². The first kappa shape index (κ1) is 26.4. The lowest BCUT2D eigenvalue weighted by atomic mass is 9.79. The molecule has 27 heavy (non-hydrogen) atoms. The van der Waals surface area contributed by atoms with Gasteiger partial charge in [-0.25, -0.2) is 0 Å². The molecule has 0 aromatic carbocycles. The van der Waals surface area contributed by atoms with Crippen molar-refractivity contribution in [2.75, 3.05) is 26.3 Å². The number of halogens is 1. The summed E-state index contributed by atoms with van der Waals surface area (Å²) >= 11 is 0. The Bertz CT molecular complexity index is 434. The Morgan fingerprint density at radius 3 is 2.26 bits per heavy atom. The molecule has 0 spiro atoms. The maximum absolute atomic E-state index is 11.9. The summed E-state index contributed by atoms with van der Waals surface area (Å²) < 4.78 is 5.14. The molecule has 160 valence electrons. The third-order valence-electron chi connectivity index (χ3n) is 5.75. The van der Waals surface area contributed by atoms with E-state index in [-0.39, 0.29) is 47.9 Å². The Morgan fingerprint density at radius 1 is 1.15 bits per heavy atom. The van der Waals surface area contributed by atoms with E-state index in [0.29, 0.717) is 19.2 Å². The number of aliphatic hydroxyl groups excluding tert-OH is 1. The van der Waals surface area contributed by atoms with Crippen LogP contribution >= 0.6 is 24.0 Å². The second-order valence-electron chi connectivity index (χ2n) is 7.32. The number of hydrogen-bond donors (Lipinski definition) is 3. The van der Waals surface area contributed by atoms with E-state index in [1.807, 2.05) is 6.92 Å². The van der Waals surface area contributed by atoms with Crippen LogP contribution in [0.25, 0.3) is 0 Å². The van der Waals surface area contributed by atoms with Gasteiger partial charge in [-0.15, -0.1) is 24.0 Å². The summed E-state index contributed by atoms with van der Waals surface area (Å²) in [5.41, 5.74) is 0.0681. The minimum atomic E-state index is -0.0498. The minimum absolute atomic E-state index is 0. The van der Waals surface area contributed by atoms with Gasteiger partial charge in [0, 0.05) is 25.7 Å². The monoisotopic (exact) mass is 497 g/mol. The van der Waals surface area contributed by atoms with Crippen LogP contribution in [0.1, 0.15) is 72.6 Å². The fourth-order valence-corrected chi connectivity index (χ4v) is 3.64. The zero-order valence-corrected chi connectivity index (χ0v) is 19.9. The molecule has 0 saturated heterocycles. The molecule has 0 aromatic rings. The quantitative estimate of drug-likeness (QED) is 0.186. The summed E-state index contributed by atoms with van der Waals surface area (Å²) in [5, 5.41) is 16.3. The Balaban J connectivity index is 0.00000676. The third-order valence-corrected chi connectivity index (χ3v) is 5.75. The van der Waals surface area contributed by atoms with Crippen molar-refractivity contribution in [1.29, 1.82) is 0 Å². The van der Waals surface area contributed by atoms with E-state index in [1.54, 1.807) is 0 Å². The lowest BCUT2D eigenvalue weighted by Gasteiger charge is -2.31. The smallest absolute Gasteiger partial charge is 0.308 e. The molecule has 0 radical (unpaired) electrons. The third kappa shape index (κ3) is 8.98. The van der Waals surface area contributed by atoms with E-state index in [2.05, 4.69) is 31.4 Å². The lowest BCUT2D eigenvalue weighted by molar-refractivity contribution is -0.149. The van der Waals surface area contributed by atoms with E-state index < -0.39 is 0 Å². The molecule has 0 unspecified atom stereocenters. The normalized spacial score (nSPS) is 20.6. The molecule has 1 saturated carbocycles. The first-order chi connectivity index (χ1) is 12.5. The van der Waals surface area contributed by atoms with Gasteiger partial charge in [0.25, 0.3) is 0 Å². The number of ether oxygens (including phenoxy) is 1. The maximum atomic E-state index is 11.9. The number of aliphatic imine (C=N–C) groups is 1. The molecule has 1 aliphatic carbocycles. The maximum Gasteiger partial charge on any atom is 0.308 e. The van der Waals surface area contributed by atoms with Gasteiger partial charge in [-0.2, -0.15) is 0 Å². The van der Waals surface area contributed by atoms with Crippen LogP contribution in [-0.2, 0) is 9.53 Å². The molecule has 1 fully saturated rings. The van der Waals surface area contributed by atoms with Crippen LogP contribution in [0.3, 0.4) is 0 Å². The molecule has 0 amide bonds. The molecule has 0 heterocycles. The van der Waals surface area contributed by atoms with Crippen molar-refractivity contribution in [3.05, 3.63) is 0 Å². The van der Waals surface area contributed by atoms with Gasteiger partial charge < -0.3 is 20.5 Å². The first-order valence-corrected chi connectivity index (χ1v) is 10.4. The van der Waals surface area contributed by atoms with E-state index in [0.717, 1.165) is 57.5 Å². The zero-order valence-electron chi connectivity index (χ0n) is 17.6. The predicted molar refractivity (Wildman–Crippen MR) is 122 cm³/mol. The van der Waals surface area contributed by atoms with Crippen LogP contribution in [0.15, 0.2) is 4.99 Å². The predicted octanol–water partition coefficient (Wildman–Crippen LogP) is 3.47. The lowest BCUT2D eigenvalue weighted by Crippen LogP contribution is -2.46. The molecular weight excluding hydrogens is 457 g/mol. The highest BCUT2D eigenvalue weighted by molar-refractivity contribution is 14.0. The number of nitrogens with zero attached hydrogens (tertiary/aromatic N) is 1. The van der Waals surface area contributed by atoms with Crippen LogP contribution in [-0.4, -0.2) is 49.4 Å². The number of esters is 1. The standard InChI is InChI=1S/C20H39N3O3.HI/c1-5-20(6-2,13-14-24)15-22-19(21-7-3)23-17-11-9-16(10-12-17)18(25)26-8-4;/h16-17,24H,5-15H2,1-4H3,(H2,21,22,23);1H. The van der Waals surface area contributed by atoms with Crippen molar-refractivity contribution in [3.63, 3.8) is 0 Å². The first-order valence-electron chi connectivity index (χ1n) is 10.4. The molecule has 1 aliphatic rings. The molecule has 0 aliphatic heterocycles. The summed E-state index contributed by atoms with van der Waals surface area (Å²) in [7, 11) is 0. The summed E-state index contributed by atoms with van der Waals surface area (Å²) in [5.74, 6) is 0.840. The number of guanidine groups is 1. The molecular formula is C20H40IN3O3. The van der Waals surface area contributed by atoms with Gasteiger partial charge in [-0.1, -0.05) is 13.8 Å². The average molecular weight is 497 g/mol. The van der Waals surface area contributed by atoms with E-state index in [9.17, 15) is 9.90 Å². The van der Waals surface area contributed by atoms with Gasteiger partial charge in [0.05, 0.1) is 12.5 Å². The van der Waals surface area contributed by atoms with Crippen LogP contribution < -0.4 is 10.6 Å². The van der Waals surface area contributed by atoms with Gasteiger partial charge in [0.2, 0.25) is 0 Å². The molecule has 7 heteroatoms. The van der Waals surface area contributed by atoms with Crippen molar-refractivity contribution in [2.24, 2.45) is 16.3 Å². The highest BCUT2D eigenvalue weighted by Crippen LogP contribution is 2.30. The Hall–Kier alpha value is -0.570. The molecule has 0 bridgehead atoms. The molecule has 3 N–H and O–H groups in total. The van der Waals surface area contributed by atoms with Gasteiger partial charge in [-0.3, -0.25) is 9.79 Å². The van der Waals surface area contributed by atoms with Crippen LogP contribution in [0, 0.1) is 11.3 Å². The SMILES string of the molecule is CCNC(=NCC(CC)(CC)CCO)NC1CCC(C(=O)OCC)CC1.I. The largest absolute Gasteiger partial charge is 0.466 e. The number of rotatable bonds is 10. The van der Waals surface area contributed by atoms with Crippen LogP contribution in [0.4, 0.5) is 0 Å². The Kier molecular flexibility index (Phi) is 14.1. The van der Waals surface area contributed by atoms with E-state index in [4.69, 9.17) is 9.73 Å². The minimum Gasteiger partial charge on any atom is -0.466 e. The number of carbonyl (C=O) groups is 1. The summed E-state index contributed by atoms with van der Waals surface area (Å²) in [6, 6.07) is 0.342. The zero-order chi connectivity index (χ0) is 19.4. The summed E-state index contributed by atoms with van der Waals surface area (Å²) in [4.78, 5) is 16.7. The van der Waals surface area contributed by atoms with Gasteiger partial charge in [0.15, 0.2) is 5.96 Å². The van der Waals surface area contributed by atoms with Gasteiger partial charge in [0.1, 0.15) is 0 Å². The van der Waals surface area contributed by atoms with Crippen molar-refractivity contribution >= 4 is 35.9 Å². The number of carbonyl (C=O) groups excluding carboxylic acids is 1. The van der Waals surface area contributed by atoms with Crippen LogP contribution in [0.5, 0.6) is 0 Å². The Labute approximate surface area is 182 Å². The van der Waals surface area contributed by atoms with E-state index in [1.165, 1.54) is 0 Å². The van der Waals surface area contributed by atoms with Gasteiger partial charge >= 0.3 is 5.97 Å². The Morgan fingerprint density at radius 2 is 1.78 bits per heavy atom. The number of nitrogens with one attached hydrogen (secondary N) is 2.